The van der Waals surface area contributed by atoms with Gasteiger partial charge in [0.1, 0.15) is 5.76 Å². The lowest BCUT2D eigenvalue weighted by Crippen LogP contribution is -1.98. The van der Waals surface area contributed by atoms with E-state index in [-0.39, 0.29) is 16.9 Å². The highest BCUT2D eigenvalue weighted by molar-refractivity contribution is 5.32. The minimum absolute atomic E-state index is 0.232. The summed E-state index contributed by atoms with van der Waals surface area (Å²) in [7, 11) is 0. The lowest BCUT2D eigenvalue weighted by Gasteiger charge is -2.03. The first-order valence-electron chi connectivity index (χ1n) is 2.98. The molecule has 0 aliphatic carbocycles. The summed E-state index contributed by atoms with van der Waals surface area (Å²) in [6, 6.07) is 0. The first kappa shape index (κ1) is 9.88. The number of hydrogen-bond donors (Lipinski definition) is 1. The summed E-state index contributed by atoms with van der Waals surface area (Å²) in [4.78, 5) is 0. The molecule has 0 aliphatic rings. The zero-order valence-corrected chi connectivity index (χ0v) is 6.27. The van der Waals surface area contributed by atoms with Gasteiger partial charge in [-0.25, -0.2) is 8.78 Å². The molecule has 1 N–H and O–H groups in total. The van der Waals surface area contributed by atoms with Crippen molar-refractivity contribution in [3.05, 3.63) is 36.1 Å². The minimum atomic E-state index is -2.61. The normalized spacial score (nSPS) is 11.8. The van der Waals surface area contributed by atoms with Crippen LogP contribution in [0.1, 0.15) is 6.92 Å². The Hall–Kier alpha value is -1.12. The molecular weight excluding hydrogens is 150 g/mol. The Morgan fingerprint density at radius 3 is 2.00 bits per heavy atom. The largest absolute Gasteiger partial charge is 0.509 e. The average Bonchev–Trinajstić information content (AvgIpc) is 1.81. The first-order valence-corrected chi connectivity index (χ1v) is 2.98. The fourth-order valence-electron chi connectivity index (χ4n) is 0.552. The molecule has 0 amide bonds. The molecule has 0 aromatic carbocycles. The Kier molecular flexibility index (Phi) is 3.51. The topological polar surface area (TPSA) is 20.2 Å². The molecular formula is C8H10F2O. The van der Waals surface area contributed by atoms with Crippen molar-refractivity contribution >= 4 is 0 Å². The molecule has 0 radical (unpaired) electrons. The van der Waals surface area contributed by atoms with Gasteiger partial charge in [-0.05, 0) is 18.6 Å². The van der Waals surface area contributed by atoms with Gasteiger partial charge >= 0.3 is 0 Å². The number of allylic oxidation sites excluding steroid dienone is 3. The van der Waals surface area contributed by atoms with Crippen LogP contribution in [0.4, 0.5) is 8.78 Å². The molecule has 0 aliphatic heterocycles. The fourth-order valence-corrected chi connectivity index (χ4v) is 0.552. The SMILES string of the molecule is C=C(O)/C=C(\C(=C)C)C(F)F. The fraction of sp³-hybridized carbons (Fsp3) is 0.250. The molecule has 0 saturated carbocycles. The van der Waals surface area contributed by atoms with Crippen LogP contribution in [0.25, 0.3) is 0 Å². The molecule has 0 unspecified atom stereocenters. The van der Waals surface area contributed by atoms with Gasteiger partial charge in [0.2, 0.25) is 0 Å². The van der Waals surface area contributed by atoms with E-state index in [9.17, 15) is 8.78 Å². The monoisotopic (exact) mass is 160 g/mol. The van der Waals surface area contributed by atoms with Crippen LogP contribution in [-0.2, 0) is 0 Å². The Balaban J connectivity index is 4.60. The van der Waals surface area contributed by atoms with Crippen LogP contribution in [-0.4, -0.2) is 11.5 Å². The van der Waals surface area contributed by atoms with Crippen molar-refractivity contribution in [3.63, 3.8) is 0 Å². The second kappa shape index (κ2) is 3.91. The molecule has 0 heterocycles. The summed E-state index contributed by atoms with van der Waals surface area (Å²) in [5, 5.41) is 8.58. The van der Waals surface area contributed by atoms with E-state index in [0.717, 1.165) is 6.08 Å². The maximum Gasteiger partial charge on any atom is 0.264 e. The van der Waals surface area contributed by atoms with E-state index >= 15 is 0 Å². The molecule has 0 saturated heterocycles. The smallest absolute Gasteiger partial charge is 0.264 e. The molecule has 0 fully saturated rings. The van der Waals surface area contributed by atoms with E-state index in [4.69, 9.17) is 5.11 Å². The number of rotatable bonds is 3. The van der Waals surface area contributed by atoms with Crippen LogP contribution < -0.4 is 0 Å². The molecule has 0 bridgehead atoms. The molecule has 1 nitrogen and oxygen atoms in total. The summed E-state index contributed by atoms with van der Waals surface area (Å²) < 4.78 is 24.1. The van der Waals surface area contributed by atoms with Gasteiger partial charge in [-0.1, -0.05) is 13.2 Å². The van der Waals surface area contributed by atoms with Gasteiger partial charge in [0.15, 0.2) is 0 Å². The standard InChI is InChI=1S/C8H10F2O/c1-5(2)7(8(9)10)4-6(3)11/h4,8,11H,1,3H2,2H3/b7-4+. The number of alkyl halides is 2. The highest BCUT2D eigenvalue weighted by Crippen LogP contribution is 2.17. The van der Waals surface area contributed by atoms with Crippen molar-refractivity contribution in [1.29, 1.82) is 0 Å². The molecule has 11 heavy (non-hydrogen) atoms. The van der Waals surface area contributed by atoms with E-state index < -0.39 is 6.43 Å². The van der Waals surface area contributed by atoms with Crippen LogP contribution in [0.5, 0.6) is 0 Å². The zero-order chi connectivity index (χ0) is 9.02. The molecule has 0 spiro atoms. The van der Waals surface area contributed by atoms with E-state index in [1.165, 1.54) is 6.92 Å². The Labute approximate surface area is 64.4 Å². The summed E-state index contributed by atoms with van der Waals surface area (Å²) in [6.45, 7) is 7.84. The Morgan fingerprint density at radius 2 is 1.91 bits per heavy atom. The molecule has 0 rings (SSSR count). The van der Waals surface area contributed by atoms with Gasteiger partial charge in [-0.15, -0.1) is 0 Å². The van der Waals surface area contributed by atoms with Crippen molar-refractivity contribution in [2.45, 2.75) is 13.3 Å². The lowest BCUT2D eigenvalue weighted by atomic mass is 10.1. The third-order valence-electron chi connectivity index (χ3n) is 1.05. The highest BCUT2D eigenvalue weighted by atomic mass is 19.3. The van der Waals surface area contributed by atoms with Crippen LogP contribution in [0.15, 0.2) is 36.1 Å². The van der Waals surface area contributed by atoms with Gasteiger partial charge in [0.25, 0.3) is 6.43 Å². The second-order valence-corrected chi connectivity index (χ2v) is 2.17. The average molecular weight is 160 g/mol. The summed E-state index contributed by atoms with van der Waals surface area (Å²) >= 11 is 0. The predicted molar refractivity (Wildman–Crippen MR) is 40.7 cm³/mol. The highest BCUT2D eigenvalue weighted by Gasteiger charge is 2.11. The molecule has 3 heteroatoms. The van der Waals surface area contributed by atoms with E-state index in [1.807, 2.05) is 0 Å². The van der Waals surface area contributed by atoms with Crippen molar-refractivity contribution in [1.82, 2.24) is 0 Å². The second-order valence-electron chi connectivity index (χ2n) is 2.17. The van der Waals surface area contributed by atoms with Gasteiger partial charge in [0.05, 0.1) is 0 Å². The van der Waals surface area contributed by atoms with Gasteiger partial charge in [0, 0.05) is 5.57 Å². The van der Waals surface area contributed by atoms with Crippen LogP contribution in [0.2, 0.25) is 0 Å². The van der Waals surface area contributed by atoms with Gasteiger partial charge < -0.3 is 5.11 Å². The number of aliphatic hydroxyl groups excluding tert-OH is 1. The maximum absolute atomic E-state index is 12.0. The first-order chi connectivity index (χ1) is 4.95. The van der Waals surface area contributed by atoms with Crippen molar-refractivity contribution in [3.8, 4) is 0 Å². The van der Waals surface area contributed by atoms with Crippen LogP contribution in [0.3, 0.4) is 0 Å². The van der Waals surface area contributed by atoms with Gasteiger partial charge in [-0.2, -0.15) is 0 Å². The quantitative estimate of drug-likeness (QED) is 0.497. The summed E-state index contributed by atoms with van der Waals surface area (Å²) in [5.41, 5.74) is -0.0484. The predicted octanol–water partition coefficient (Wildman–Crippen LogP) is 2.83. The number of halogens is 2. The molecule has 0 atom stereocenters. The van der Waals surface area contributed by atoms with Crippen molar-refractivity contribution in [2.75, 3.05) is 0 Å². The van der Waals surface area contributed by atoms with Crippen LogP contribution in [0, 0.1) is 0 Å². The number of hydrogen-bond acceptors (Lipinski definition) is 1. The maximum atomic E-state index is 12.0. The Bertz CT molecular complexity index is 204. The molecule has 62 valence electrons. The summed E-state index contributed by atoms with van der Waals surface area (Å²) in [6.07, 6.45) is -1.70. The van der Waals surface area contributed by atoms with E-state index in [1.54, 1.807) is 0 Å². The van der Waals surface area contributed by atoms with Crippen molar-refractivity contribution in [2.24, 2.45) is 0 Å². The van der Waals surface area contributed by atoms with E-state index in [0.29, 0.717) is 0 Å². The van der Waals surface area contributed by atoms with E-state index in [2.05, 4.69) is 13.2 Å². The molecule has 0 aromatic rings. The van der Waals surface area contributed by atoms with Crippen molar-refractivity contribution < 1.29 is 13.9 Å². The third kappa shape index (κ3) is 3.55. The third-order valence-corrected chi connectivity index (χ3v) is 1.05. The zero-order valence-electron chi connectivity index (χ0n) is 6.27. The molecule has 0 aromatic heterocycles. The lowest BCUT2D eigenvalue weighted by molar-refractivity contribution is 0.191. The minimum Gasteiger partial charge on any atom is -0.509 e. The van der Waals surface area contributed by atoms with Crippen LogP contribution >= 0.6 is 0 Å². The summed E-state index contributed by atoms with van der Waals surface area (Å²) in [5.74, 6) is -0.386. The van der Waals surface area contributed by atoms with Gasteiger partial charge in [-0.3, -0.25) is 0 Å². The Morgan fingerprint density at radius 1 is 1.45 bits per heavy atom. The number of aliphatic hydroxyl groups is 1.